The van der Waals surface area contributed by atoms with Crippen molar-refractivity contribution in [3.05, 3.63) is 0 Å². The second-order valence-corrected chi connectivity index (χ2v) is 4.73. The highest BCUT2D eigenvalue weighted by Crippen LogP contribution is 2.08. The van der Waals surface area contributed by atoms with E-state index >= 15 is 0 Å². The molecule has 0 aliphatic carbocycles. The van der Waals surface area contributed by atoms with Crippen LogP contribution in [0.4, 0.5) is 0 Å². The molecule has 2 unspecified atom stereocenters. The van der Waals surface area contributed by atoms with Gasteiger partial charge in [0.05, 0.1) is 12.6 Å². The summed E-state index contributed by atoms with van der Waals surface area (Å²) in [7, 11) is 0. The summed E-state index contributed by atoms with van der Waals surface area (Å²) in [6.45, 7) is 2.09. The predicted molar refractivity (Wildman–Crippen MR) is 61.0 cm³/mol. The number of hydrogen-bond donors (Lipinski definition) is 4. The largest absolute Gasteiger partial charge is 0.393 e. The number of amides is 1. The fraction of sp³-hybridized carbons (Fsp3) is 0.909. The highest BCUT2D eigenvalue weighted by Gasteiger charge is 2.23. The van der Waals surface area contributed by atoms with Crippen molar-refractivity contribution in [3.8, 4) is 0 Å². The summed E-state index contributed by atoms with van der Waals surface area (Å²) in [6, 6.07) is -0.156. The first-order valence-electron chi connectivity index (χ1n) is 5.89. The smallest absolute Gasteiger partial charge is 0.237 e. The fourth-order valence-electron chi connectivity index (χ4n) is 1.71. The van der Waals surface area contributed by atoms with Crippen LogP contribution in [0.2, 0.25) is 0 Å². The topological polar surface area (TPSA) is 81.6 Å². The van der Waals surface area contributed by atoms with Gasteiger partial charge in [-0.25, -0.2) is 0 Å². The number of carbonyl (C=O) groups excluding carboxylic acids is 1. The Bertz CT molecular complexity index is 223. The molecule has 1 aliphatic heterocycles. The van der Waals surface area contributed by atoms with Crippen molar-refractivity contribution in [3.63, 3.8) is 0 Å². The zero-order valence-electron chi connectivity index (χ0n) is 9.83. The van der Waals surface area contributed by atoms with Crippen LogP contribution in [-0.4, -0.2) is 47.5 Å². The van der Waals surface area contributed by atoms with E-state index in [1.54, 1.807) is 0 Å². The van der Waals surface area contributed by atoms with Crippen LogP contribution in [0.15, 0.2) is 0 Å². The van der Waals surface area contributed by atoms with E-state index in [4.69, 9.17) is 5.11 Å². The van der Waals surface area contributed by atoms with E-state index in [-0.39, 0.29) is 25.1 Å². The Morgan fingerprint density at radius 3 is 2.94 bits per heavy atom. The first-order chi connectivity index (χ1) is 7.55. The molecule has 2 atom stereocenters. The molecule has 0 bridgehead atoms. The molecule has 1 amide bonds. The van der Waals surface area contributed by atoms with Gasteiger partial charge in [-0.05, 0) is 26.3 Å². The predicted octanol–water partition coefficient (Wildman–Crippen LogP) is -0.622. The lowest BCUT2D eigenvalue weighted by Gasteiger charge is -2.23. The van der Waals surface area contributed by atoms with Crippen LogP contribution in [0.25, 0.3) is 0 Å². The van der Waals surface area contributed by atoms with Crippen LogP contribution >= 0.6 is 0 Å². The Balaban J connectivity index is 2.33. The second-order valence-electron chi connectivity index (χ2n) is 4.73. The average Bonchev–Trinajstić information content (AvgIpc) is 2.54. The molecule has 1 heterocycles. The molecule has 0 aromatic heterocycles. The van der Waals surface area contributed by atoms with Gasteiger partial charge >= 0.3 is 0 Å². The Hall–Kier alpha value is -0.650. The summed E-state index contributed by atoms with van der Waals surface area (Å²) < 4.78 is 0. The van der Waals surface area contributed by atoms with Crippen LogP contribution in [0.5, 0.6) is 0 Å². The van der Waals surface area contributed by atoms with Crippen LogP contribution < -0.4 is 10.6 Å². The monoisotopic (exact) mass is 230 g/mol. The van der Waals surface area contributed by atoms with E-state index in [0.29, 0.717) is 0 Å². The van der Waals surface area contributed by atoms with Crippen molar-refractivity contribution in [1.82, 2.24) is 10.6 Å². The van der Waals surface area contributed by atoms with Gasteiger partial charge in [-0.1, -0.05) is 12.8 Å². The number of carbonyl (C=O) groups is 1. The third-order valence-electron chi connectivity index (χ3n) is 2.86. The maximum Gasteiger partial charge on any atom is 0.237 e. The number of rotatable bonds is 4. The molecule has 5 nitrogen and oxygen atoms in total. The standard InChI is InChI=1S/C11H22N2O3/c1-11(16,8-14)7-13-10(15)9-5-3-2-4-6-12-9/h9,12,14,16H,2-8H2,1H3,(H,13,15). The van der Waals surface area contributed by atoms with Crippen molar-refractivity contribution in [1.29, 1.82) is 0 Å². The SMILES string of the molecule is CC(O)(CO)CNC(=O)C1CCCCCN1. The van der Waals surface area contributed by atoms with Crippen molar-refractivity contribution in [2.24, 2.45) is 0 Å². The lowest BCUT2D eigenvalue weighted by atomic mass is 10.1. The molecule has 0 aromatic carbocycles. The molecule has 0 radical (unpaired) electrons. The van der Waals surface area contributed by atoms with E-state index in [9.17, 15) is 9.90 Å². The van der Waals surface area contributed by atoms with Gasteiger partial charge in [0.15, 0.2) is 0 Å². The van der Waals surface area contributed by atoms with E-state index in [2.05, 4.69) is 10.6 Å². The number of aliphatic hydroxyl groups excluding tert-OH is 1. The molecule has 0 aromatic rings. The molecular weight excluding hydrogens is 208 g/mol. The Morgan fingerprint density at radius 2 is 2.25 bits per heavy atom. The third-order valence-corrected chi connectivity index (χ3v) is 2.86. The maximum atomic E-state index is 11.7. The van der Waals surface area contributed by atoms with Crippen LogP contribution in [0, 0.1) is 0 Å². The Morgan fingerprint density at radius 1 is 1.50 bits per heavy atom. The quantitative estimate of drug-likeness (QED) is 0.519. The van der Waals surface area contributed by atoms with Gasteiger partial charge in [0.25, 0.3) is 0 Å². The summed E-state index contributed by atoms with van der Waals surface area (Å²) in [5.74, 6) is -0.0874. The van der Waals surface area contributed by atoms with E-state index in [0.717, 1.165) is 32.2 Å². The van der Waals surface area contributed by atoms with Crippen molar-refractivity contribution in [2.45, 2.75) is 44.2 Å². The minimum absolute atomic E-state index is 0.0838. The van der Waals surface area contributed by atoms with Gasteiger partial charge in [0, 0.05) is 6.54 Å². The lowest BCUT2D eigenvalue weighted by molar-refractivity contribution is -0.124. The molecule has 4 N–H and O–H groups in total. The summed E-state index contributed by atoms with van der Waals surface area (Å²) in [5, 5.41) is 24.2. The zero-order chi connectivity index (χ0) is 12.0. The minimum atomic E-state index is -1.24. The average molecular weight is 230 g/mol. The molecule has 1 rings (SSSR count). The molecule has 1 fully saturated rings. The van der Waals surface area contributed by atoms with Gasteiger partial charge in [0.2, 0.25) is 5.91 Å². The molecule has 94 valence electrons. The maximum absolute atomic E-state index is 11.7. The molecule has 1 aliphatic rings. The summed E-state index contributed by atoms with van der Waals surface area (Å²) in [5.41, 5.74) is -1.24. The van der Waals surface area contributed by atoms with Crippen LogP contribution in [-0.2, 0) is 4.79 Å². The van der Waals surface area contributed by atoms with Gasteiger partial charge in [-0.3, -0.25) is 4.79 Å². The highest BCUT2D eigenvalue weighted by molar-refractivity contribution is 5.81. The lowest BCUT2D eigenvalue weighted by Crippen LogP contribution is -2.49. The first-order valence-corrected chi connectivity index (χ1v) is 5.89. The van der Waals surface area contributed by atoms with E-state index < -0.39 is 5.60 Å². The van der Waals surface area contributed by atoms with Crippen LogP contribution in [0.3, 0.4) is 0 Å². The Kier molecular flexibility index (Phi) is 5.18. The molecule has 16 heavy (non-hydrogen) atoms. The highest BCUT2D eigenvalue weighted by atomic mass is 16.3. The van der Waals surface area contributed by atoms with Crippen LogP contribution in [0.1, 0.15) is 32.6 Å². The van der Waals surface area contributed by atoms with Gasteiger partial charge in [-0.2, -0.15) is 0 Å². The third kappa shape index (κ3) is 4.47. The van der Waals surface area contributed by atoms with Crippen molar-refractivity contribution < 1.29 is 15.0 Å². The fourth-order valence-corrected chi connectivity index (χ4v) is 1.71. The second kappa shape index (κ2) is 6.18. The van der Waals surface area contributed by atoms with Crippen molar-refractivity contribution in [2.75, 3.05) is 19.7 Å². The zero-order valence-corrected chi connectivity index (χ0v) is 9.83. The van der Waals surface area contributed by atoms with Gasteiger partial charge in [0.1, 0.15) is 5.60 Å². The molecule has 0 saturated carbocycles. The molecular formula is C11H22N2O3. The first kappa shape index (κ1) is 13.4. The number of aliphatic hydroxyl groups is 2. The summed E-state index contributed by atoms with van der Waals surface area (Å²) >= 11 is 0. The van der Waals surface area contributed by atoms with Gasteiger partial charge < -0.3 is 20.8 Å². The molecule has 1 saturated heterocycles. The number of nitrogens with one attached hydrogen (secondary N) is 2. The Labute approximate surface area is 96.2 Å². The van der Waals surface area contributed by atoms with Crippen molar-refractivity contribution >= 4 is 5.91 Å². The number of hydrogen-bond acceptors (Lipinski definition) is 4. The molecule has 5 heteroatoms. The van der Waals surface area contributed by atoms with E-state index in [1.807, 2.05) is 0 Å². The minimum Gasteiger partial charge on any atom is -0.393 e. The van der Waals surface area contributed by atoms with Gasteiger partial charge in [-0.15, -0.1) is 0 Å². The summed E-state index contributed by atoms with van der Waals surface area (Å²) in [6.07, 6.45) is 4.16. The van der Waals surface area contributed by atoms with E-state index in [1.165, 1.54) is 6.92 Å². The summed E-state index contributed by atoms with van der Waals surface area (Å²) in [4.78, 5) is 11.7. The molecule has 0 spiro atoms. The normalized spacial score (nSPS) is 25.6.